The third-order valence-corrected chi connectivity index (χ3v) is 4.21. The quantitative estimate of drug-likeness (QED) is 0.848. The molecule has 1 saturated carbocycles. The summed E-state index contributed by atoms with van der Waals surface area (Å²) in [6.07, 6.45) is 3.38. The second-order valence-corrected chi connectivity index (χ2v) is 6.19. The van der Waals surface area contributed by atoms with E-state index < -0.39 is 0 Å². The number of fused-ring (bicyclic) bond motifs is 1. The first-order valence-electron chi connectivity index (χ1n) is 7.42. The number of nitrogens with one attached hydrogen (secondary N) is 1. The van der Waals surface area contributed by atoms with Gasteiger partial charge in [0, 0.05) is 18.1 Å². The van der Waals surface area contributed by atoms with Crippen LogP contribution in [0.15, 0.2) is 24.3 Å². The SMILES string of the molecule is Cc1nc2ccccc2n1CCC(C)(CO)NC1CC1. The second-order valence-electron chi connectivity index (χ2n) is 6.19. The van der Waals surface area contributed by atoms with Gasteiger partial charge in [0.2, 0.25) is 0 Å². The highest BCUT2D eigenvalue weighted by Crippen LogP contribution is 2.25. The van der Waals surface area contributed by atoms with E-state index in [0.717, 1.165) is 24.3 Å². The number of aliphatic hydroxyl groups is 1. The maximum Gasteiger partial charge on any atom is 0.106 e. The summed E-state index contributed by atoms with van der Waals surface area (Å²) in [6, 6.07) is 8.83. The molecule has 1 aliphatic rings. The molecular weight excluding hydrogens is 250 g/mol. The Morgan fingerprint density at radius 1 is 1.40 bits per heavy atom. The highest BCUT2D eigenvalue weighted by atomic mass is 16.3. The standard InChI is InChI=1S/C16H23N3O/c1-12-17-14-5-3-4-6-15(14)19(12)10-9-16(2,11-20)18-13-7-8-13/h3-6,13,18,20H,7-11H2,1-2H3. The molecule has 1 aromatic carbocycles. The van der Waals surface area contributed by atoms with Gasteiger partial charge in [-0.2, -0.15) is 0 Å². The highest BCUT2D eigenvalue weighted by molar-refractivity contribution is 5.75. The lowest BCUT2D eigenvalue weighted by molar-refractivity contribution is 0.159. The van der Waals surface area contributed by atoms with Crippen molar-refractivity contribution in [2.75, 3.05) is 6.61 Å². The van der Waals surface area contributed by atoms with E-state index in [2.05, 4.69) is 27.9 Å². The van der Waals surface area contributed by atoms with Crippen LogP contribution in [0.3, 0.4) is 0 Å². The molecule has 0 spiro atoms. The average Bonchev–Trinajstić information content (AvgIpc) is 3.18. The van der Waals surface area contributed by atoms with E-state index in [0.29, 0.717) is 6.04 Å². The van der Waals surface area contributed by atoms with E-state index in [4.69, 9.17) is 0 Å². The number of aromatic nitrogens is 2. The molecule has 0 bridgehead atoms. The molecular formula is C16H23N3O. The van der Waals surface area contributed by atoms with Gasteiger partial charge in [-0.1, -0.05) is 12.1 Å². The maximum absolute atomic E-state index is 9.69. The van der Waals surface area contributed by atoms with Gasteiger partial charge < -0.3 is 15.0 Å². The van der Waals surface area contributed by atoms with E-state index in [9.17, 15) is 5.11 Å². The lowest BCUT2D eigenvalue weighted by Gasteiger charge is -2.29. The minimum Gasteiger partial charge on any atom is -0.394 e. The first kappa shape index (κ1) is 13.6. The molecule has 108 valence electrons. The highest BCUT2D eigenvalue weighted by Gasteiger charge is 2.31. The molecule has 4 nitrogen and oxygen atoms in total. The summed E-state index contributed by atoms with van der Waals surface area (Å²) in [6.45, 7) is 5.21. The van der Waals surface area contributed by atoms with Crippen LogP contribution in [0.1, 0.15) is 32.0 Å². The van der Waals surface area contributed by atoms with E-state index in [-0.39, 0.29) is 12.1 Å². The van der Waals surface area contributed by atoms with E-state index in [1.807, 2.05) is 25.1 Å². The molecule has 1 atom stereocenters. The van der Waals surface area contributed by atoms with Crippen molar-refractivity contribution in [1.82, 2.24) is 14.9 Å². The molecule has 2 aromatic rings. The predicted molar refractivity (Wildman–Crippen MR) is 80.7 cm³/mol. The van der Waals surface area contributed by atoms with Crippen LogP contribution in [0, 0.1) is 6.92 Å². The molecule has 1 fully saturated rings. The molecule has 4 heteroatoms. The Morgan fingerprint density at radius 2 is 2.15 bits per heavy atom. The van der Waals surface area contributed by atoms with Crippen molar-refractivity contribution >= 4 is 11.0 Å². The Labute approximate surface area is 119 Å². The summed E-state index contributed by atoms with van der Waals surface area (Å²) in [4.78, 5) is 4.59. The van der Waals surface area contributed by atoms with Gasteiger partial charge >= 0.3 is 0 Å². The summed E-state index contributed by atoms with van der Waals surface area (Å²) in [5, 5.41) is 13.2. The number of rotatable bonds is 6. The molecule has 1 heterocycles. The minimum absolute atomic E-state index is 0.176. The number of aliphatic hydroxyl groups excluding tert-OH is 1. The van der Waals surface area contributed by atoms with E-state index in [1.165, 1.54) is 18.4 Å². The predicted octanol–water partition coefficient (Wildman–Crippen LogP) is 2.24. The number of hydrogen-bond acceptors (Lipinski definition) is 3. The fourth-order valence-corrected chi connectivity index (χ4v) is 2.75. The van der Waals surface area contributed by atoms with Gasteiger partial charge in [-0.3, -0.25) is 0 Å². The first-order chi connectivity index (χ1) is 9.61. The maximum atomic E-state index is 9.69. The van der Waals surface area contributed by atoms with Crippen LogP contribution < -0.4 is 5.32 Å². The smallest absolute Gasteiger partial charge is 0.106 e. The van der Waals surface area contributed by atoms with Crippen LogP contribution in [0.2, 0.25) is 0 Å². The van der Waals surface area contributed by atoms with Gasteiger partial charge in [0.25, 0.3) is 0 Å². The average molecular weight is 273 g/mol. The van der Waals surface area contributed by atoms with Gasteiger partial charge in [-0.05, 0) is 45.2 Å². The Kier molecular flexibility index (Phi) is 3.52. The Hall–Kier alpha value is -1.39. The van der Waals surface area contributed by atoms with Crippen molar-refractivity contribution in [2.45, 2.75) is 51.2 Å². The third kappa shape index (κ3) is 2.72. The molecule has 0 radical (unpaired) electrons. The zero-order valence-electron chi connectivity index (χ0n) is 12.3. The largest absolute Gasteiger partial charge is 0.394 e. The Bertz CT molecular complexity index is 603. The van der Waals surface area contributed by atoms with Crippen LogP contribution >= 0.6 is 0 Å². The molecule has 0 amide bonds. The summed E-state index contributed by atoms with van der Waals surface area (Å²) in [7, 11) is 0. The van der Waals surface area contributed by atoms with Crippen LogP contribution in [-0.4, -0.2) is 32.8 Å². The number of nitrogens with zero attached hydrogens (tertiary/aromatic N) is 2. The summed E-state index contributed by atoms with van der Waals surface area (Å²) >= 11 is 0. The summed E-state index contributed by atoms with van der Waals surface area (Å²) in [5.41, 5.74) is 2.03. The van der Waals surface area contributed by atoms with Crippen LogP contribution in [0.25, 0.3) is 11.0 Å². The van der Waals surface area contributed by atoms with Crippen molar-refractivity contribution in [3.8, 4) is 0 Å². The number of imidazole rings is 1. The normalized spacial score (nSPS) is 18.4. The fraction of sp³-hybridized carbons (Fsp3) is 0.562. The van der Waals surface area contributed by atoms with Crippen molar-refractivity contribution in [2.24, 2.45) is 0 Å². The first-order valence-corrected chi connectivity index (χ1v) is 7.42. The van der Waals surface area contributed by atoms with Crippen molar-refractivity contribution in [1.29, 1.82) is 0 Å². The molecule has 1 aliphatic carbocycles. The molecule has 1 unspecified atom stereocenters. The molecule has 1 aromatic heterocycles. The summed E-state index contributed by atoms with van der Waals surface area (Å²) in [5.74, 6) is 1.04. The Balaban J connectivity index is 1.77. The molecule has 3 rings (SSSR count). The molecule has 0 saturated heterocycles. The van der Waals surface area contributed by atoms with Gasteiger partial charge in [-0.15, -0.1) is 0 Å². The third-order valence-electron chi connectivity index (χ3n) is 4.21. The number of hydrogen-bond donors (Lipinski definition) is 2. The fourth-order valence-electron chi connectivity index (χ4n) is 2.75. The lowest BCUT2D eigenvalue weighted by atomic mass is 9.98. The van der Waals surface area contributed by atoms with Gasteiger partial charge in [-0.25, -0.2) is 4.98 Å². The molecule has 20 heavy (non-hydrogen) atoms. The lowest BCUT2D eigenvalue weighted by Crippen LogP contribution is -2.47. The monoisotopic (exact) mass is 273 g/mol. The number of para-hydroxylation sites is 2. The zero-order chi connectivity index (χ0) is 14.2. The number of aryl methyl sites for hydroxylation is 2. The van der Waals surface area contributed by atoms with Gasteiger partial charge in [0.05, 0.1) is 17.6 Å². The van der Waals surface area contributed by atoms with Gasteiger partial charge in [0.15, 0.2) is 0 Å². The van der Waals surface area contributed by atoms with Crippen molar-refractivity contribution in [3.63, 3.8) is 0 Å². The zero-order valence-corrected chi connectivity index (χ0v) is 12.3. The molecule has 0 aliphatic heterocycles. The second kappa shape index (κ2) is 5.19. The topological polar surface area (TPSA) is 50.1 Å². The van der Waals surface area contributed by atoms with Crippen LogP contribution in [0.4, 0.5) is 0 Å². The van der Waals surface area contributed by atoms with Crippen molar-refractivity contribution in [3.05, 3.63) is 30.1 Å². The van der Waals surface area contributed by atoms with E-state index >= 15 is 0 Å². The van der Waals surface area contributed by atoms with Gasteiger partial charge in [0.1, 0.15) is 5.82 Å². The van der Waals surface area contributed by atoms with Crippen molar-refractivity contribution < 1.29 is 5.11 Å². The molecule has 2 N–H and O–H groups in total. The van der Waals surface area contributed by atoms with E-state index in [1.54, 1.807) is 0 Å². The minimum atomic E-state index is -0.195. The summed E-state index contributed by atoms with van der Waals surface area (Å²) < 4.78 is 2.25. The Morgan fingerprint density at radius 3 is 2.85 bits per heavy atom. The van der Waals surface area contributed by atoms with Crippen LogP contribution in [-0.2, 0) is 6.54 Å². The van der Waals surface area contributed by atoms with Crippen LogP contribution in [0.5, 0.6) is 0 Å². The number of benzene rings is 1.